The quantitative estimate of drug-likeness (QED) is 0.791. The lowest BCUT2D eigenvalue weighted by atomic mass is 10.2. The van der Waals surface area contributed by atoms with Gasteiger partial charge in [-0.2, -0.15) is 4.31 Å². The molecule has 1 aliphatic heterocycles. The zero-order valence-electron chi connectivity index (χ0n) is 15.3. The summed E-state index contributed by atoms with van der Waals surface area (Å²) in [6.07, 6.45) is 1.79. The second-order valence-corrected chi connectivity index (χ2v) is 8.34. The lowest BCUT2D eigenvalue weighted by molar-refractivity contribution is 0.0950. The molecule has 2 aromatic rings. The van der Waals surface area contributed by atoms with Crippen molar-refractivity contribution >= 4 is 15.9 Å². The number of rotatable bonds is 7. The van der Waals surface area contributed by atoms with Crippen molar-refractivity contribution in [2.45, 2.75) is 31.2 Å². The van der Waals surface area contributed by atoms with Crippen LogP contribution in [0.4, 0.5) is 0 Å². The maximum Gasteiger partial charge on any atom is 0.251 e. The van der Waals surface area contributed by atoms with Gasteiger partial charge in [0.25, 0.3) is 5.91 Å². The van der Waals surface area contributed by atoms with Crippen molar-refractivity contribution in [1.29, 1.82) is 0 Å². The normalized spacial score (nSPS) is 14.9. The smallest absolute Gasteiger partial charge is 0.251 e. The third-order valence-corrected chi connectivity index (χ3v) is 6.39. The van der Waals surface area contributed by atoms with Gasteiger partial charge >= 0.3 is 0 Å². The average Bonchev–Trinajstić information content (AvgIpc) is 3.22. The zero-order chi connectivity index (χ0) is 19.3. The summed E-state index contributed by atoms with van der Waals surface area (Å²) in [5, 5.41) is 2.84. The van der Waals surface area contributed by atoms with E-state index < -0.39 is 10.0 Å². The molecule has 1 amide bonds. The number of benzene rings is 2. The number of nitrogens with one attached hydrogen (secondary N) is 1. The second-order valence-electron chi connectivity index (χ2n) is 6.40. The third kappa shape index (κ3) is 4.67. The Morgan fingerprint density at radius 3 is 2.48 bits per heavy atom. The minimum absolute atomic E-state index is 0.227. The first-order valence-electron chi connectivity index (χ1n) is 9.11. The van der Waals surface area contributed by atoms with Gasteiger partial charge in [0.1, 0.15) is 5.75 Å². The van der Waals surface area contributed by atoms with Crippen molar-refractivity contribution < 1.29 is 17.9 Å². The van der Waals surface area contributed by atoms with E-state index in [4.69, 9.17) is 4.74 Å². The summed E-state index contributed by atoms with van der Waals surface area (Å²) in [5.74, 6) is 0.516. The number of sulfonamides is 1. The van der Waals surface area contributed by atoms with Crippen LogP contribution in [0.5, 0.6) is 5.75 Å². The molecule has 1 fully saturated rings. The van der Waals surface area contributed by atoms with E-state index in [0.717, 1.165) is 24.2 Å². The Kier molecular flexibility index (Phi) is 6.13. The van der Waals surface area contributed by atoms with E-state index in [0.29, 0.717) is 31.8 Å². The molecule has 7 heteroatoms. The molecule has 0 radical (unpaired) electrons. The lowest BCUT2D eigenvalue weighted by Crippen LogP contribution is -2.28. The van der Waals surface area contributed by atoms with Gasteiger partial charge in [0.2, 0.25) is 10.0 Å². The number of hydrogen-bond acceptors (Lipinski definition) is 4. The van der Waals surface area contributed by atoms with Crippen LogP contribution in [0.25, 0.3) is 0 Å². The first-order chi connectivity index (χ1) is 13.0. The molecule has 6 nitrogen and oxygen atoms in total. The summed E-state index contributed by atoms with van der Waals surface area (Å²) in [4.78, 5) is 12.6. The summed E-state index contributed by atoms with van der Waals surface area (Å²) in [6, 6.07) is 13.6. The van der Waals surface area contributed by atoms with Gasteiger partial charge in [0.05, 0.1) is 11.5 Å². The third-order valence-electron chi connectivity index (χ3n) is 4.48. The zero-order valence-corrected chi connectivity index (χ0v) is 16.2. The van der Waals surface area contributed by atoms with Crippen LogP contribution in [0.3, 0.4) is 0 Å². The number of hydrogen-bond donors (Lipinski definition) is 1. The second kappa shape index (κ2) is 8.54. The topological polar surface area (TPSA) is 75.7 Å². The summed E-state index contributed by atoms with van der Waals surface area (Å²) in [5.41, 5.74) is 1.36. The van der Waals surface area contributed by atoms with E-state index in [1.54, 1.807) is 12.1 Å². The minimum Gasteiger partial charge on any atom is -0.494 e. The molecule has 0 aromatic heterocycles. The van der Waals surface area contributed by atoms with Gasteiger partial charge in [0.15, 0.2) is 0 Å². The van der Waals surface area contributed by atoms with Crippen LogP contribution in [-0.2, 0) is 16.6 Å². The molecule has 0 bridgehead atoms. The van der Waals surface area contributed by atoms with Gasteiger partial charge in [-0.05, 0) is 61.7 Å². The van der Waals surface area contributed by atoms with Gasteiger partial charge in [-0.1, -0.05) is 12.1 Å². The summed E-state index contributed by atoms with van der Waals surface area (Å²) in [6.45, 7) is 3.99. The van der Waals surface area contributed by atoms with Gasteiger partial charge in [0, 0.05) is 25.2 Å². The van der Waals surface area contributed by atoms with Crippen molar-refractivity contribution in [1.82, 2.24) is 9.62 Å². The predicted octanol–water partition coefficient (Wildman–Crippen LogP) is 2.80. The van der Waals surface area contributed by atoms with Crippen LogP contribution in [-0.4, -0.2) is 38.3 Å². The van der Waals surface area contributed by atoms with E-state index in [-0.39, 0.29) is 10.8 Å². The Bertz CT molecular complexity index is 888. The van der Waals surface area contributed by atoms with Crippen LogP contribution in [0, 0.1) is 0 Å². The molecule has 1 saturated heterocycles. The fraction of sp³-hybridized carbons (Fsp3) is 0.350. The van der Waals surface area contributed by atoms with Gasteiger partial charge in [-0.3, -0.25) is 4.79 Å². The van der Waals surface area contributed by atoms with Crippen molar-refractivity contribution in [2.75, 3.05) is 19.7 Å². The van der Waals surface area contributed by atoms with E-state index >= 15 is 0 Å². The Labute approximate surface area is 160 Å². The Balaban J connectivity index is 1.63. The molecule has 0 atom stereocenters. The molecule has 1 aliphatic rings. The van der Waals surface area contributed by atoms with Crippen LogP contribution >= 0.6 is 0 Å². The summed E-state index contributed by atoms with van der Waals surface area (Å²) in [7, 11) is -3.46. The standard InChI is InChI=1S/C20H24N2O4S/c1-2-26-18-7-5-6-16(14-18)15-21-20(23)17-8-10-19(11-9-17)27(24,25)22-12-3-4-13-22/h5-11,14H,2-4,12-13,15H2,1H3,(H,21,23). The molecule has 2 aromatic carbocycles. The predicted molar refractivity (Wildman–Crippen MR) is 103 cm³/mol. The van der Waals surface area contributed by atoms with Crippen LogP contribution in [0.1, 0.15) is 35.7 Å². The van der Waals surface area contributed by atoms with Gasteiger partial charge in [-0.25, -0.2) is 8.42 Å². The summed E-state index contributed by atoms with van der Waals surface area (Å²) < 4.78 is 32.0. The van der Waals surface area contributed by atoms with Crippen LogP contribution in [0.2, 0.25) is 0 Å². The molecule has 0 aliphatic carbocycles. The number of carbonyl (C=O) groups is 1. The number of ether oxygens (including phenoxy) is 1. The molecule has 1 N–H and O–H groups in total. The molecule has 27 heavy (non-hydrogen) atoms. The van der Waals surface area contributed by atoms with E-state index in [1.165, 1.54) is 16.4 Å². The first kappa shape index (κ1) is 19.4. The maximum absolute atomic E-state index is 12.5. The number of carbonyl (C=O) groups excluding carboxylic acids is 1. The van der Waals surface area contributed by atoms with Crippen molar-refractivity contribution in [3.63, 3.8) is 0 Å². The van der Waals surface area contributed by atoms with Crippen LogP contribution < -0.4 is 10.1 Å². The molecular formula is C20H24N2O4S. The Morgan fingerprint density at radius 1 is 1.11 bits per heavy atom. The molecule has 0 spiro atoms. The molecule has 1 heterocycles. The average molecular weight is 388 g/mol. The first-order valence-corrected chi connectivity index (χ1v) is 10.5. The van der Waals surface area contributed by atoms with E-state index in [2.05, 4.69) is 5.32 Å². The molecule has 0 saturated carbocycles. The van der Waals surface area contributed by atoms with Gasteiger partial charge < -0.3 is 10.1 Å². The SMILES string of the molecule is CCOc1cccc(CNC(=O)c2ccc(S(=O)(=O)N3CCCC3)cc2)c1. The molecular weight excluding hydrogens is 364 g/mol. The largest absolute Gasteiger partial charge is 0.494 e. The fourth-order valence-electron chi connectivity index (χ4n) is 3.05. The highest BCUT2D eigenvalue weighted by Crippen LogP contribution is 2.21. The highest BCUT2D eigenvalue weighted by Gasteiger charge is 2.27. The van der Waals surface area contributed by atoms with Crippen molar-refractivity contribution in [3.05, 3.63) is 59.7 Å². The van der Waals surface area contributed by atoms with Gasteiger partial charge in [-0.15, -0.1) is 0 Å². The number of nitrogens with zero attached hydrogens (tertiary/aromatic N) is 1. The minimum atomic E-state index is -3.46. The van der Waals surface area contributed by atoms with E-state index in [9.17, 15) is 13.2 Å². The monoisotopic (exact) mass is 388 g/mol. The maximum atomic E-state index is 12.5. The van der Waals surface area contributed by atoms with E-state index in [1.807, 2.05) is 31.2 Å². The lowest BCUT2D eigenvalue weighted by Gasteiger charge is -2.15. The molecule has 144 valence electrons. The highest BCUT2D eigenvalue weighted by atomic mass is 32.2. The van der Waals surface area contributed by atoms with Crippen molar-refractivity contribution in [2.24, 2.45) is 0 Å². The van der Waals surface area contributed by atoms with Crippen molar-refractivity contribution in [3.8, 4) is 5.75 Å². The fourth-order valence-corrected chi connectivity index (χ4v) is 4.57. The highest BCUT2D eigenvalue weighted by molar-refractivity contribution is 7.89. The molecule has 3 rings (SSSR count). The molecule has 0 unspecified atom stereocenters. The Morgan fingerprint density at radius 2 is 1.81 bits per heavy atom. The Hall–Kier alpha value is -2.38. The summed E-state index contributed by atoms with van der Waals surface area (Å²) >= 11 is 0. The number of amides is 1. The van der Waals surface area contributed by atoms with Crippen LogP contribution in [0.15, 0.2) is 53.4 Å².